The molecule has 0 radical (unpaired) electrons. The van der Waals surface area contributed by atoms with Crippen LogP contribution in [0.3, 0.4) is 0 Å². The molecule has 1 heterocycles. The molecule has 0 aliphatic carbocycles. The largest absolute Gasteiger partial charge is 0.484 e. The summed E-state index contributed by atoms with van der Waals surface area (Å²) in [6, 6.07) is 19.1. The predicted octanol–water partition coefficient (Wildman–Crippen LogP) is 4.35. The van der Waals surface area contributed by atoms with E-state index in [1.165, 1.54) is 4.31 Å². The monoisotopic (exact) mass is 438 g/mol. The van der Waals surface area contributed by atoms with Crippen molar-refractivity contribution >= 4 is 38.1 Å². The summed E-state index contributed by atoms with van der Waals surface area (Å²) in [6.07, 6.45) is 2.19. The molecule has 0 aromatic heterocycles. The zero-order valence-electron chi connectivity index (χ0n) is 17.5. The number of amides is 1. The number of fused-ring (bicyclic) bond motifs is 2. The first kappa shape index (κ1) is 21.2. The van der Waals surface area contributed by atoms with Crippen molar-refractivity contribution in [1.29, 1.82) is 0 Å². The summed E-state index contributed by atoms with van der Waals surface area (Å²) in [5.41, 5.74) is 2.20. The minimum atomic E-state index is -3.36. The molecule has 1 N–H and O–H groups in total. The Hall–Kier alpha value is -3.06. The third-order valence-electron chi connectivity index (χ3n) is 5.33. The van der Waals surface area contributed by atoms with Gasteiger partial charge in [-0.3, -0.25) is 9.10 Å². The van der Waals surface area contributed by atoms with Gasteiger partial charge in [-0.2, -0.15) is 0 Å². The molecule has 6 nitrogen and oxygen atoms in total. The minimum Gasteiger partial charge on any atom is -0.484 e. The van der Waals surface area contributed by atoms with Crippen LogP contribution in [0, 0.1) is 0 Å². The van der Waals surface area contributed by atoms with Gasteiger partial charge in [-0.25, -0.2) is 8.42 Å². The van der Waals surface area contributed by atoms with Crippen LogP contribution in [0.2, 0.25) is 0 Å². The van der Waals surface area contributed by atoms with Gasteiger partial charge in [0.2, 0.25) is 10.0 Å². The highest BCUT2D eigenvalue weighted by Crippen LogP contribution is 2.32. The van der Waals surface area contributed by atoms with Crippen LogP contribution in [0.15, 0.2) is 60.7 Å². The number of hydrogen-bond donors (Lipinski definition) is 1. The molecular formula is C24H26N2O4S. The summed E-state index contributed by atoms with van der Waals surface area (Å²) in [6.45, 7) is 2.19. The Morgan fingerprint density at radius 1 is 1.06 bits per heavy atom. The van der Waals surface area contributed by atoms with Crippen molar-refractivity contribution in [2.45, 2.75) is 26.2 Å². The van der Waals surface area contributed by atoms with Crippen molar-refractivity contribution in [2.75, 3.05) is 28.5 Å². The molecule has 3 aromatic carbocycles. The molecule has 0 saturated carbocycles. The van der Waals surface area contributed by atoms with Gasteiger partial charge in [-0.15, -0.1) is 0 Å². The van der Waals surface area contributed by atoms with E-state index in [1.54, 1.807) is 6.07 Å². The summed E-state index contributed by atoms with van der Waals surface area (Å²) in [4.78, 5) is 12.4. The molecule has 0 unspecified atom stereocenters. The van der Waals surface area contributed by atoms with Crippen LogP contribution in [0.25, 0.3) is 10.8 Å². The van der Waals surface area contributed by atoms with E-state index in [0.29, 0.717) is 30.1 Å². The molecule has 0 spiro atoms. The van der Waals surface area contributed by atoms with E-state index in [-0.39, 0.29) is 18.3 Å². The highest BCUT2D eigenvalue weighted by Gasteiger charge is 2.27. The first-order valence-electron chi connectivity index (χ1n) is 10.5. The lowest BCUT2D eigenvalue weighted by atomic mass is 10.0. The Labute approximate surface area is 182 Å². The highest BCUT2D eigenvalue weighted by atomic mass is 32.2. The maximum atomic E-state index is 12.7. The van der Waals surface area contributed by atoms with Crippen molar-refractivity contribution in [3.63, 3.8) is 0 Å². The van der Waals surface area contributed by atoms with E-state index in [1.807, 2.05) is 61.5 Å². The molecule has 31 heavy (non-hydrogen) atoms. The van der Waals surface area contributed by atoms with Gasteiger partial charge in [-0.05, 0) is 59.9 Å². The van der Waals surface area contributed by atoms with E-state index in [9.17, 15) is 13.2 Å². The summed E-state index contributed by atoms with van der Waals surface area (Å²) >= 11 is 0. The summed E-state index contributed by atoms with van der Waals surface area (Å²) < 4.78 is 32.4. The maximum absolute atomic E-state index is 12.7. The van der Waals surface area contributed by atoms with Crippen LogP contribution >= 0.6 is 0 Å². The maximum Gasteiger partial charge on any atom is 0.262 e. The van der Waals surface area contributed by atoms with Crippen LogP contribution in [0.1, 0.15) is 25.3 Å². The minimum absolute atomic E-state index is 0.114. The lowest BCUT2D eigenvalue weighted by molar-refractivity contribution is -0.118. The van der Waals surface area contributed by atoms with Gasteiger partial charge >= 0.3 is 0 Å². The molecule has 7 heteroatoms. The van der Waals surface area contributed by atoms with Crippen LogP contribution < -0.4 is 14.4 Å². The Morgan fingerprint density at radius 2 is 1.87 bits per heavy atom. The number of hydrogen-bond acceptors (Lipinski definition) is 4. The van der Waals surface area contributed by atoms with E-state index in [0.717, 1.165) is 29.2 Å². The Morgan fingerprint density at radius 3 is 2.68 bits per heavy atom. The third kappa shape index (κ3) is 4.82. The second-order valence-corrected chi connectivity index (χ2v) is 9.69. The van der Waals surface area contributed by atoms with Crippen molar-refractivity contribution in [1.82, 2.24) is 0 Å². The number of carbonyl (C=O) groups is 1. The van der Waals surface area contributed by atoms with Gasteiger partial charge in [0.05, 0.1) is 11.4 Å². The normalized spacial score (nSPS) is 13.6. The smallest absolute Gasteiger partial charge is 0.262 e. The molecule has 1 aliphatic heterocycles. The van der Waals surface area contributed by atoms with Crippen molar-refractivity contribution < 1.29 is 17.9 Å². The Bertz CT molecular complexity index is 1210. The number of rotatable bonds is 7. The van der Waals surface area contributed by atoms with Crippen molar-refractivity contribution in [2.24, 2.45) is 0 Å². The second-order valence-electron chi connectivity index (χ2n) is 7.68. The second kappa shape index (κ2) is 8.98. The number of anilines is 2. The average molecular weight is 439 g/mol. The first-order valence-corrected chi connectivity index (χ1v) is 12.1. The van der Waals surface area contributed by atoms with Gasteiger partial charge in [0, 0.05) is 12.2 Å². The van der Waals surface area contributed by atoms with Gasteiger partial charge in [0.1, 0.15) is 5.75 Å². The quantitative estimate of drug-likeness (QED) is 0.595. The molecule has 1 amide bonds. The Kier molecular flexibility index (Phi) is 6.13. The highest BCUT2D eigenvalue weighted by molar-refractivity contribution is 7.92. The number of aryl methyl sites for hydroxylation is 1. The van der Waals surface area contributed by atoms with Crippen LogP contribution in [0.5, 0.6) is 5.75 Å². The average Bonchev–Trinajstić information content (AvgIpc) is 2.77. The van der Waals surface area contributed by atoms with Gasteiger partial charge in [-0.1, -0.05) is 43.3 Å². The fourth-order valence-electron chi connectivity index (χ4n) is 3.88. The van der Waals surface area contributed by atoms with E-state index >= 15 is 0 Å². The number of nitrogens with one attached hydrogen (secondary N) is 1. The van der Waals surface area contributed by atoms with Gasteiger partial charge in [0.15, 0.2) is 6.61 Å². The standard InChI is InChI=1S/C24H26N2O4S/c1-2-14-31(28,29)26-13-5-8-19-9-11-21(16-23(19)26)25-24(27)17-30-22-12-10-18-6-3-4-7-20(18)15-22/h3-4,6-7,9-12,15-16H,2,5,8,13-14,17H2,1H3,(H,25,27). The first-order chi connectivity index (χ1) is 15.0. The van der Waals surface area contributed by atoms with Crippen LogP contribution in [0.4, 0.5) is 11.4 Å². The Balaban J connectivity index is 1.44. The molecule has 0 atom stereocenters. The number of nitrogens with zero attached hydrogens (tertiary/aromatic N) is 1. The van der Waals surface area contributed by atoms with Crippen LogP contribution in [-0.2, 0) is 21.2 Å². The van der Waals surface area contributed by atoms with E-state index in [2.05, 4.69) is 5.32 Å². The van der Waals surface area contributed by atoms with Crippen molar-refractivity contribution in [3.05, 3.63) is 66.2 Å². The van der Waals surface area contributed by atoms with E-state index in [4.69, 9.17) is 4.74 Å². The number of carbonyl (C=O) groups excluding carboxylic acids is 1. The zero-order valence-corrected chi connectivity index (χ0v) is 18.3. The van der Waals surface area contributed by atoms with Gasteiger partial charge < -0.3 is 10.1 Å². The molecular weight excluding hydrogens is 412 g/mol. The van der Waals surface area contributed by atoms with Crippen molar-refractivity contribution in [3.8, 4) is 5.75 Å². The lowest BCUT2D eigenvalue weighted by Gasteiger charge is -2.31. The predicted molar refractivity (Wildman–Crippen MR) is 124 cm³/mol. The zero-order chi connectivity index (χ0) is 21.8. The molecule has 0 fully saturated rings. The van der Waals surface area contributed by atoms with E-state index < -0.39 is 10.0 Å². The summed E-state index contributed by atoms with van der Waals surface area (Å²) in [5, 5.41) is 4.97. The topological polar surface area (TPSA) is 75.7 Å². The third-order valence-corrected chi connectivity index (χ3v) is 7.31. The molecule has 162 valence electrons. The fraction of sp³-hybridized carbons (Fsp3) is 0.292. The number of sulfonamides is 1. The molecule has 4 rings (SSSR count). The molecule has 1 aliphatic rings. The summed E-state index contributed by atoms with van der Waals surface area (Å²) in [5.74, 6) is 0.436. The summed E-state index contributed by atoms with van der Waals surface area (Å²) in [7, 11) is -3.36. The fourth-order valence-corrected chi connectivity index (χ4v) is 5.49. The van der Waals surface area contributed by atoms with Crippen LogP contribution in [-0.4, -0.2) is 33.2 Å². The molecule has 0 saturated heterocycles. The SMILES string of the molecule is CCCS(=O)(=O)N1CCCc2ccc(NC(=O)COc3ccc4ccccc4c3)cc21. The number of ether oxygens (including phenoxy) is 1. The van der Waals surface area contributed by atoms with Gasteiger partial charge in [0.25, 0.3) is 5.91 Å². The molecule has 0 bridgehead atoms. The lowest BCUT2D eigenvalue weighted by Crippen LogP contribution is -2.37. The molecule has 3 aromatic rings. The number of benzene rings is 3.